The van der Waals surface area contributed by atoms with Crippen LogP contribution in [0.25, 0.3) is 22.2 Å². The number of halogens is 1. The van der Waals surface area contributed by atoms with Crippen LogP contribution >= 0.6 is 0 Å². The number of nitrogens with one attached hydrogen (secondary N) is 1. The number of rotatable bonds is 7. The highest BCUT2D eigenvalue weighted by atomic mass is 19.1. The van der Waals surface area contributed by atoms with Gasteiger partial charge in [-0.3, -0.25) is 9.59 Å². The van der Waals surface area contributed by atoms with Crippen molar-refractivity contribution in [3.63, 3.8) is 0 Å². The summed E-state index contributed by atoms with van der Waals surface area (Å²) in [5.41, 5.74) is 2.42. The van der Waals surface area contributed by atoms with E-state index in [1.54, 1.807) is 25.1 Å². The average molecular weight is 420 g/mol. The number of aromatic amines is 1. The number of hydrogen-bond donors (Lipinski definition) is 1. The highest BCUT2D eigenvalue weighted by Gasteiger charge is 2.24. The number of ketones is 1. The lowest BCUT2D eigenvalue weighted by atomic mass is 10.0. The fraction of sp³-hybridized carbons (Fsp3) is 0.208. The van der Waals surface area contributed by atoms with E-state index in [4.69, 9.17) is 9.15 Å². The number of Topliss-reactive ketones (excluding diaryl/α,β-unsaturated/α-hetero) is 1. The van der Waals surface area contributed by atoms with Crippen molar-refractivity contribution in [1.82, 2.24) is 9.97 Å². The molecule has 0 spiro atoms. The minimum atomic E-state index is -0.927. The number of para-hydroxylation sites is 1. The van der Waals surface area contributed by atoms with Gasteiger partial charge in [-0.1, -0.05) is 30.3 Å². The van der Waals surface area contributed by atoms with Crippen molar-refractivity contribution in [2.75, 3.05) is 0 Å². The Kier molecular flexibility index (Phi) is 5.66. The smallest absolute Gasteiger partial charge is 0.307 e. The van der Waals surface area contributed by atoms with Gasteiger partial charge in [0.2, 0.25) is 5.78 Å². The molecule has 2 aromatic carbocycles. The number of ether oxygens (including phenoxy) is 1. The van der Waals surface area contributed by atoms with Crippen LogP contribution in [0.2, 0.25) is 0 Å². The number of fused-ring (bicyclic) bond motifs is 1. The molecule has 7 heteroatoms. The summed E-state index contributed by atoms with van der Waals surface area (Å²) in [5.74, 6) is -0.628. The van der Waals surface area contributed by atoms with Gasteiger partial charge in [-0.25, -0.2) is 9.37 Å². The summed E-state index contributed by atoms with van der Waals surface area (Å²) in [4.78, 5) is 32.4. The van der Waals surface area contributed by atoms with E-state index in [1.165, 1.54) is 12.3 Å². The van der Waals surface area contributed by atoms with Crippen molar-refractivity contribution in [2.24, 2.45) is 0 Å². The topological polar surface area (TPSA) is 85.2 Å². The number of aromatic nitrogens is 2. The SMILES string of the molecule is Cc1[nH]c2ccccc2c1C(=O)[C@@H](C)OC(=O)CCc1ncc(-c2ccccc2F)o1. The molecule has 0 aliphatic carbocycles. The lowest BCUT2D eigenvalue weighted by molar-refractivity contribution is -0.146. The largest absolute Gasteiger partial charge is 0.454 e. The molecule has 0 saturated heterocycles. The van der Waals surface area contributed by atoms with E-state index in [0.29, 0.717) is 22.8 Å². The van der Waals surface area contributed by atoms with Crippen LogP contribution in [0.5, 0.6) is 0 Å². The molecular formula is C24H21FN2O4. The number of aryl methyl sites for hydroxylation is 2. The van der Waals surface area contributed by atoms with Crippen LogP contribution in [0.3, 0.4) is 0 Å². The van der Waals surface area contributed by atoms with Gasteiger partial charge in [0, 0.05) is 28.6 Å². The number of benzene rings is 2. The second-order valence-corrected chi connectivity index (χ2v) is 7.27. The summed E-state index contributed by atoms with van der Waals surface area (Å²) in [7, 11) is 0. The number of esters is 1. The summed E-state index contributed by atoms with van der Waals surface area (Å²) < 4.78 is 24.8. The van der Waals surface area contributed by atoms with Gasteiger partial charge >= 0.3 is 5.97 Å². The molecule has 1 atom stereocenters. The van der Waals surface area contributed by atoms with Gasteiger partial charge in [-0.15, -0.1) is 0 Å². The van der Waals surface area contributed by atoms with E-state index in [0.717, 1.165) is 16.6 Å². The van der Waals surface area contributed by atoms with E-state index in [2.05, 4.69) is 9.97 Å². The van der Waals surface area contributed by atoms with E-state index >= 15 is 0 Å². The van der Waals surface area contributed by atoms with Gasteiger partial charge in [0.25, 0.3) is 0 Å². The third-order valence-electron chi connectivity index (χ3n) is 5.05. The minimum absolute atomic E-state index is 0.0122. The lowest BCUT2D eigenvalue weighted by Gasteiger charge is -2.12. The monoisotopic (exact) mass is 420 g/mol. The molecule has 0 unspecified atom stereocenters. The van der Waals surface area contributed by atoms with Crippen LogP contribution in [-0.4, -0.2) is 27.8 Å². The maximum absolute atomic E-state index is 13.9. The zero-order chi connectivity index (χ0) is 22.0. The third kappa shape index (κ3) is 4.26. The van der Waals surface area contributed by atoms with Gasteiger partial charge in [0.1, 0.15) is 5.82 Å². The number of H-pyrrole nitrogens is 1. The Labute approximate surface area is 178 Å². The molecule has 31 heavy (non-hydrogen) atoms. The Balaban J connectivity index is 1.37. The first-order chi connectivity index (χ1) is 14.9. The second-order valence-electron chi connectivity index (χ2n) is 7.27. The van der Waals surface area contributed by atoms with E-state index in [9.17, 15) is 14.0 Å². The fourth-order valence-corrected chi connectivity index (χ4v) is 3.53. The van der Waals surface area contributed by atoms with Crippen LogP contribution in [-0.2, 0) is 16.0 Å². The maximum atomic E-state index is 13.9. The van der Waals surface area contributed by atoms with Crippen molar-refractivity contribution >= 4 is 22.7 Å². The molecule has 0 aliphatic heterocycles. The molecule has 2 heterocycles. The molecule has 4 aromatic rings. The summed E-state index contributed by atoms with van der Waals surface area (Å²) in [5, 5.41) is 0.799. The molecule has 2 aromatic heterocycles. The van der Waals surface area contributed by atoms with Gasteiger partial charge in [0.15, 0.2) is 17.8 Å². The number of nitrogens with zero attached hydrogens (tertiary/aromatic N) is 1. The van der Waals surface area contributed by atoms with Crippen LogP contribution in [0.15, 0.2) is 59.1 Å². The first-order valence-electron chi connectivity index (χ1n) is 9.94. The number of hydrogen-bond acceptors (Lipinski definition) is 5. The Morgan fingerprint density at radius 1 is 1.16 bits per heavy atom. The molecule has 0 bridgehead atoms. The molecule has 1 N–H and O–H groups in total. The molecule has 158 valence electrons. The van der Waals surface area contributed by atoms with Gasteiger partial charge in [-0.2, -0.15) is 0 Å². The van der Waals surface area contributed by atoms with Crippen molar-refractivity contribution in [3.8, 4) is 11.3 Å². The van der Waals surface area contributed by atoms with Crippen molar-refractivity contribution in [1.29, 1.82) is 0 Å². The minimum Gasteiger partial charge on any atom is -0.454 e. The zero-order valence-corrected chi connectivity index (χ0v) is 17.1. The maximum Gasteiger partial charge on any atom is 0.307 e. The quantitative estimate of drug-likeness (QED) is 0.335. The molecule has 6 nitrogen and oxygen atoms in total. The van der Waals surface area contributed by atoms with E-state index in [1.807, 2.05) is 31.2 Å². The number of carbonyl (C=O) groups is 2. The Bertz CT molecular complexity index is 1260. The first-order valence-corrected chi connectivity index (χ1v) is 9.94. The zero-order valence-electron chi connectivity index (χ0n) is 17.1. The van der Waals surface area contributed by atoms with E-state index < -0.39 is 17.9 Å². The van der Waals surface area contributed by atoms with Crippen molar-refractivity contribution in [2.45, 2.75) is 32.8 Å². The van der Waals surface area contributed by atoms with Gasteiger partial charge < -0.3 is 14.1 Å². The van der Waals surface area contributed by atoms with Gasteiger partial charge in [0.05, 0.1) is 18.2 Å². The molecular weight excluding hydrogens is 399 g/mol. The fourth-order valence-electron chi connectivity index (χ4n) is 3.53. The Morgan fingerprint density at radius 3 is 2.71 bits per heavy atom. The summed E-state index contributed by atoms with van der Waals surface area (Å²) >= 11 is 0. The van der Waals surface area contributed by atoms with Crippen molar-refractivity contribution in [3.05, 3.63) is 77.7 Å². The molecule has 4 rings (SSSR count). The van der Waals surface area contributed by atoms with Crippen LogP contribution in [0, 0.1) is 12.7 Å². The molecule has 0 saturated carbocycles. The van der Waals surface area contributed by atoms with Crippen LogP contribution in [0.4, 0.5) is 4.39 Å². The predicted molar refractivity (Wildman–Crippen MR) is 113 cm³/mol. The average Bonchev–Trinajstić information content (AvgIpc) is 3.35. The van der Waals surface area contributed by atoms with E-state index in [-0.39, 0.29) is 18.6 Å². The highest BCUT2D eigenvalue weighted by molar-refractivity contribution is 6.11. The van der Waals surface area contributed by atoms with Crippen LogP contribution < -0.4 is 0 Å². The number of carbonyl (C=O) groups excluding carboxylic acids is 2. The standard InChI is InChI=1S/C24H21FN2O4/c1-14-23(17-8-4-6-10-19(17)27-14)24(29)15(2)30-22(28)12-11-21-26-13-20(31-21)16-7-3-5-9-18(16)25/h3-10,13,15,27H,11-12H2,1-2H3/t15-/m1/s1. The molecule has 0 radical (unpaired) electrons. The summed E-state index contributed by atoms with van der Waals surface area (Å²) in [6, 6.07) is 13.7. The predicted octanol–water partition coefficient (Wildman–Crippen LogP) is 5.02. The third-order valence-corrected chi connectivity index (χ3v) is 5.05. The molecule has 0 aliphatic rings. The Morgan fingerprint density at radius 2 is 1.90 bits per heavy atom. The molecule has 0 amide bonds. The Hall–Kier alpha value is -3.74. The van der Waals surface area contributed by atoms with Crippen molar-refractivity contribution < 1.29 is 23.1 Å². The lowest BCUT2D eigenvalue weighted by Crippen LogP contribution is -2.25. The summed E-state index contributed by atoms with van der Waals surface area (Å²) in [6.07, 6.45) is 0.663. The number of oxazole rings is 1. The normalized spacial score (nSPS) is 12.1. The summed E-state index contributed by atoms with van der Waals surface area (Å²) in [6.45, 7) is 3.38. The first kappa shape index (κ1) is 20.5. The second kappa shape index (κ2) is 8.55. The van der Waals surface area contributed by atoms with Gasteiger partial charge in [-0.05, 0) is 32.0 Å². The molecule has 0 fully saturated rings. The van der Waals surface area contributed by atoms with Crippen LogP contribution in [0.1, 0.15) is 35.3 Å². The highest BCUT2D eigenvalue weighted by Crippen LogP contribution is 2.25.